The minimum atomic E-state index is -0.186. The van der Waals surface area contributed by atoms with Crippen molar-refractivity contribution in [1.29, 1.82) is 0 Å². The van der Waals surface area contributed by atoms with E-state index >= 15 is 0 Å². The molecule has 2 nitrogen and oxygen atoms in total. The molecule has 0 aliphatic rings. The van der Waals surface area contributed by atoms with Crippen molar-refractivity contribution in [3.05, 3.63) is 11.6 Å². The van der Waals surface area contributed by atoms with Crippen molar-refractivity contribution >= 4 is 5.97 Å². The molecule has 0 bridgehead atoms. The predicted molar refractivity (Wildman–Crippen MR) is 54.5 cm³/mol. The second-order valence-corrected chi connectivity index (χ2v) is 3.15. The highest BCUT2D eigenvalue weighted by atomic mass is 16.5. The van der Waals surface area contributed by atoms with Crippen LogP contribution in [-0.2, 0) is 9.53 Å². The largest absolute Gasteiger partial charge is 0.463 e. The summed E-state index contributed by atoms with van der Waals surface area (Å²) in [7, 11) is 0. The quantitative estimate of drug-likeness (QED) is 0.485. The summed E-state index contributed by atoms with van der Waals surface area (Å²) in [5.41, 5.74) is 0.732. The zero-order chi connectivity index (χ0) is 10.3. The molecule has 0 radical (unpaired) electrons. The fourth-order valence-electron chi connectivity index (χ4n) is 1.19. The minimum Gasteiger partial charge on any atom is -0.463 e. The van der Waals surface area contributed by atoms with Crippen molar-refractivity contribution in [2.24, 2.45) is 5.92 Å². The Labute approximate surface area is 81.0 Å². The molecule has 0 unspecified atom stereocenters. The molecule has 0 aromatic carbocycles. The van der Waals surface area contributed by atoms with Gasteiger partial charge in [-0.3, -0.25) is 0 Å². The van der Waals surface area contributed by atoms with E-state index in [1.54, 1.807) is 0 Å². The molecule has 0 aliphatic heterocycles. The smallest absolute Gasteiger partial charge is 0.333 e. The SMILES string of the molecule is CCOC(=O)/C(C)=C\C(CC)CC. The summed E-state index contributed by atoms with van der Waals surface area (Å²) < 4.78 is 4.89. The van der Waals surface area contributed by atoms with Gasteiger partial charge in [-0.15, -0.1) is 0 Å². The Bertz CT molecular complexity index is 179. The number of hydrogen-bond donors (Lipinski definition) is 0. The van der Waals surface area contributed by atoms with Gasteiger partial charge in [0.1, 0.15) is 0 Å². The van der Waals surface area contributed by atoms with E-state index in [0.29, 0.717) is 12.5 Å². The number of esters is 1. The van der Waals surface area contributed by atoms with Crippen molar-refractivity contribution < 1.29 is 9.53 Å². The van der Waals surface area contributed by atoms with E-state index in [4.69, 9.17) is 4.74 Å². The van der Waals surface area contributed by atoms with Crippen LogP contribution in [-0.4, -0.2) is 12.6 Å². The molecule has 0 rings (SSSR count). The number of ether oxygens (including phenoxy) is 1. The van der Waals surface area contributed by atoms with Crippen LogP contribution < -0.4 is 0 Å². The molecule has 0 atom stereocenters. The van der Waals surface area contributed by atoms with Crippen LogP contribution in [0.5, 0.6) is 0 Å². The van der Waals surface area contributed by atoms with Crippen molar-refractivity contribution in [2.45, 2.75) is 40.5 Å². The summed E-state index contributed by atoms with van der Waals surface area (Å²) in [6.45, 7) is 8.34. The average molecular weight is 184 g/mol. The molecule has 0 heterocycles. The van der Waals surface area contributed by atoms with E-state index in [9.17, 15) is 4.79 Å². The summed E-state index contributed by atoms with van der Waals surface area (Å²) >= 11 is 0. The molecule has 0 aliphatic carbocycles. The monoisotopic (exact) mass is 184 g/mol. The Kier molecular flexibility index (Phi) is 6.29. The van der Waals surface area contributed by atoms with Gasteiger partial charge in [0.15, 0.2) is 0 Å². The highest BCUT2D eigenvalue weighted by Crippen LogP contribution is 2.12. The van der Waals surface area contributed by atoms with Gasteiger partial charge in [0.25, 0.3) is 0 Å². The maximum Gasteiger partial charge on any atom is 0.333 e. The number of rotatable bonds is 5. The summed E-state index contributed by atoms with van der Waals surface area (Å²) in [6.07, 6.45) is 4.17. The molecule has 13 heavy (non-hydrogen) atoms. The predicted octanol–water partition coefficient (Wildman–Crippen LogP) is 2.93. The first-order valence-electron chi connectivity index (χ1n) is 5.01. The van der Waals surface area contributed by atoms with Crippen LogP contribution >= 0.6 is 0 Å². The second-order valence-electron chi connectivity index (χ2n) is 3.15. The molecule has 0 aromatic rings. The lowest BCUT2D eigenvalue weighted by Gasteiger charge is -2.08. The number of hydrogen-bond acceptors (Lipinski definition) is 2. The lowest BCUT2D eigenvalue weighted by atomic mass is 10.0. The van der Waals surface area contributed by atoms with Gasteiger partial charge in [-0.25, -0.2) is 4.79 Å². The highest BCUT2D eigenvalue weighted by Gasteiger charge is 2.07. The maximum atomic E-state index is 11.2. The summed E-state index contributed by atoms with van der Waals surface area (Å²) in [6, 6.07) is 0. The second kappa shape index (κ2) is 6.70. The Morgan fingerprint density at radius 1 is 1.31 bits per heavy atom. The van der Waals surface area contributed by atoms with Crippen LogP contribution in [0.15, 0.2) is 11.6 Å². The highest BCUT2D eigenvalue weighted by molar-refractivity contribution is 5.87. The van der Waals surface area contributed by atoms with E-state index in [-0.39, 0.29) is 5.97 Å². The van der Waals surface area contributed by atoms with E-state index in [1.807, 2.05) is 19.9 Å². The first kappa shape index (κ1) is 12.2. The van der Waals surface area contributed by atoms with Crippen LogP contribution in [0.25, 0.3) is 0 Å². The molecule has 0 fully saturated rings. The number of allylic oxidation sites excluding steroid dienone is 1. The van der Waals surface area contributed by atoms with Crippen molar-refractivity contribution in [3.8, 4) is 0 Å². The van der Waals surface area contributed by atoms with Gasteiger partial charge in [0.2, 0.25) is 0 Å². The van der Waals surface area contributed by atoms with E-state index in [0.717, 1.165) is 18.4 Å². The zero-order valence-electron chi connectivity index (χ0n) is 9.09. The molecule has 2 heteroatoms. The topological polar surface area (TPSA) is 26.3 Å². The Morgan fingerprint density at radius 2 is 1.85 bits per heavy atom. The number of carbonyl (C=O) groups is 1. The van der Waals surface area contributed by atoms with Gasteiger partial charge < -0.3 is 4.74 Å². The van der Waals surface area contributed by atoms with Crippen LogP contribution in [0.4, 0.5) is 0 Å². The summed E-state index contributed by atoms with van der Waals surface area (Å²) in [5.74, 6) is 0.318. The van der Waals surface area contributed by atoms with E-state index < -0.39 is 0 Å². The maximum absolute atomic E-state index is 11.2. The van der Waals surface area contributed by atoms with E-state index in [1.165, 1.54) is 0 Å². The lowest BCUT2D eigenvalue weighted by molar-refractivity contribution is -0.138. The molecule has 0 aromatic heterocycles. The van der Waals surface area contributed by atoms with Gasteiger partial charge in [-0.2, -0.15) is 0 Å². The standard InChI is InChI=1S/C11H20O2/c1-5-10(6-2)8-9(4)11(12)13-7-3/h8,10H,5-7H2,1-4H3/b9-8-. The van der Waals surface area contributed by atoms with Crippen LogP contribution in [0, 0.1) is 5.92 Å². The molecule has 76 valence electrons. The van der Waals surface area contributed by atoms with Crippen molar-refractivity contribution in [2.75, 3.05) is 6.61 Å². The van der Waals surface area contributed by atoms with Gasteiger partial charge in [-0.05, 0) is 32.6 Å². The molecule has 0 N–H and O–H groups in total. The van der Waals surface area contributed by atoms with Gasteiger partial charge in [0.05, 0.1) is 6.61 Å². The molecule has 0 amide bonds. The minimum absolute atomic E-state index is 0.186. The Balaban J connectivity index is 4.20. The third-order valence-electron chi connectivity index (χ3n) is 2.13. The molecule has 0 spiro atoms. The normalized spacial score (nSPS) is 11.9. The fourth-order valence-corrected chi connectivity index (χ4v) is 1.19. The molecule has 0 saturated heterocycles. The van der Waals surface area contributed by atoms with Crippen molar-refractivity contribution in [3.63, 3.8) is 0 Å². The van der Waals surface area contributed by atoms with Crippen molar-refractivity contribution in [1.82, 2.24) is 0 Å². The van der Waals surface area contributed by atoms with Crippen LogP contribution in [0.3, 0.4) is 0 Å². The van der Waals surface area contributed by atoms with Crippen LogP contribution in [0.1, 0.15) is 40.5 Å². The van der Waals surface area contributed by atoms with Gasteiger partial charge in [0, 0.05) is 5.57 Å². The third-order valence-corrected chi connectivity index (χ3v) is 2.13. The van der Waals surface area contributed by atoms with Gasteiger partial charge >= 0.3 is 5.97 Å². The molecular weight excluding hydrogens is 164 g/mol. The first-order chi connectivity index (χ1) is 6.15. The first-order valence-corrected chi connectivity index (χ1v) is 5.01. The third kappa shape index (κ3) is 4.71. The summed E-state index contributed by atoms with van der Waals surface area (Å²) in [4.78, 5) is 11.2. The van der Waals surface area contributed by atoms with E-state index in [2.05, 4.69) is 13.8 Å². The van der Waals surface area contributed by atoms with Gasteiger partial charge in [-0.1, -0.05) is 19.9 Å². The molecular formula is C11H20O2. The lowest BCUT2D eigenvalue weighted by Crippen LogP contribution is -2.07. The Morgan fingerprint density at radius 3 is 2.23 bits per heavy atom. The average Bonchev–Trinajstić information content (AvgIpc) is 2.14. The number of carbonyl (C=O) groups excluding carboxylic acids is 1. The summed E-state index contributed by atoms with van der Waals surface area (Å²) in [5, 5.41) is 0. The van der Waals surface area contributed by atoms with Crippen LogP contribution in [0.2, 0.25) is 0 Å². The fraction of sp³-hybridized carbons (Fsp3) is 0.727. The zero-order valence-corrected chi connectivity index (χ0v) is 9.09. The Hall–Kier alpha value is -0.790. The molecule has 0 saturated carbocycles.